The van der Waals surface area contributed by atoms with E-state index in [1.807, 2.05) is 36.4 Å². The smallest absolute Gasteiger partial charge is 0.229 e. The molecule has 0 spiro atoms. The van der Waals surface area contributed by atoms with Crippen molar-refractivity contribution in [2.45, 2.75) is 51.7 Å². The Morgan fingerprint density at radius 3 is 2.33 bits per heavy atom. The summed E-state index contributed by atoms with van der Waals surface area (Å²) in [7, 11) is 0. The molecule has 1 N–H and O–H groups in total. The highest BCUT2D eigenvalue weighted by Crippen LogP contribution is 2.35. The summed E-state index contributed by atoms with van der Waals surface area (Å²) in [6.07, 6.45) is 9.70. The van der Waals surface area contributed by atoms with Gasteiger partial charge in [0.15, 0.2) is 24.7 Å². The maximum absolute atomic E-state index is 13.3. The first-order valence-electron chi connectivity index (χ1n) is 14.6. The summed E-state index contributed by atoms with van der Waals surface area (Å²) in [5, 5.41) is 2.42. The van der Waals surface area contributed by atoms with Crippen LogP contribution >= 0.6 is 0 Å². The number of ether oxygens (including phenoxy) is 1. The minimum Gasteiger partial charge on any atom is -0.489 e. The fourth-order valence-electron chi connectivity index (χ4n) is 5.93. The van der Waals surface area contributed by atoms with Crippen LogP contribution in [0.5, 0.6) is 5.75 Å². The average Bonchev–Trinajstić information content (AvgIpc) is 3.02. The van der Waals surface area contributed by atoms with Crippen LogP contribution < -0.4 is 14.6 Å². The maximum atomic E-state index is 13.3. The summed E-state index contributed by atoms with van der Waals surface area (Å²) in [4.78, 5) is 41.3. The summed E-state index contributed by atoms with van der Waals surface area (Å²) < 4.78 is 8.36. The lowest BCUT2D eigenvalue weighted by Gasteiger charge is -2.27. The molecule has 4 aromatic rings. The second-order valence-electron chi connectivity index (χ2n) is 11.2. The molecule has 7 nitrogen and oxygen atoms in total. The molecule has 2 atom stereocenters. The molecule has 3 heterocycles. The van der Waals surface area contributed by atoms with Crippen molar-refractivity contribution in [2.24, 2.45) is 11.8 Å². The second kappa shape index (κ2) is 12.5. The standard InChI is InChI=1S/C35H33N3O4/c39-33-16-14-28(35(41)37-33)12-11-27-13-15-29-30(34(27)40)4-3-6-32(29)42-23-25-9-7-24(8-10-25)22-38-20-17-26(18-21-38)31-5-1-2-19-36-31/h1-10,17-21,27-28H,11-16,22-23H2/p+1. The van der Waals surface area contributed by atoms with E-state index in [2.05, 4.69) is 63.7 Å². The Morgan fingerprint density at radius 2 is 1.57 bits per heavy atom. The fourth-order valence-corrected chi connectivity index (χ4v) is 5.93. The number of nitrogens with one attached hydrogen (secondary N) is 1. The van der Waals surface area contributed by atoms with E-state index >= 15 is 0 Å². The monoisotopic (exact) mass is 560 g/mol. The Kier molecular flexibility index (Phi) is 8.17. The van der Waals surface area contributed by atoms with E-state index in [1.165, 1.54) is 5.56 Å². The third-order valence-electron chi connectivity index (χ3n) is 8.36. The Labute approximate surface area is 245 Å². The first kappa shape index (κ1) is 27.5. The predicted molar refractivity (Wildman–Crippen MR) is 157 cm³/mol. The van der Waals surface area contributed by atoms with Crippen molar-refractivity contribution in [3.05, 3.63) is 114 Å². The zero-order chi connectivity index (χ0) is 28.9. The molecule has 1 fully saturated rings. The van der Waals surface area contributed by atoms with E-state index in [9.17, 15) is 14.4 Å². The second-order valence-corrected chi connectivity index (χ2v) is 11.2. The van der Waals surface area contributed by atoms with Crippen LogP contribution in [0.15, 0.2) is 91.4 Å². The highest BCUT2D eigenvalue weighted by Gasteiger charge is 2.32. The summed E-state index contributed by atoms with van der Waals surface area (Å²) in [5.41, 5.74) is 6.02. The molecule has 1 aliphatic heterocycles. The number of amides is 2. The topological polar surface area (TPSA) is 89.2 Å². The molecule has 0 radical (unpaired) electrons. The van der Waals surface area contributed by atoms with Gasteiger partial charge in [0.05, 0.1) is 5.69 Å². The van der Waals surface area contributed by atoms with Crippen molar-refractivity contribution in [1.29, 1.82) is 0 Å². The van der Waals surface area contributed by atoms with E-state index in [4.69, 9.17) is 4.74 Å². The summed E-state index contributed by atoms with van der Waals surface area (Å²) in [6.45, 7) is 1.19. The van der Waals surface area contributed by atoms with E-state index < -0.39 is 0 Å². The molecule has 42 heavy (non-hydrogen) atoms. The number of imide groups is 1. The van der Waals surface area contributed by atoms with E-state index in [0.717, 1.165) is 53.1 Å². The zero-order valence-electron chi connectivity index (χ0n) is 23.5. The lowest BCUT2D eigenvalue weighted by Crippen LogP contribution is -2.41. The number of aromatic nitrogens is 2. The zero-order valence-corrected chi connectivity index (χ0v) is 23.5. The molecular formula is C35H34N3O4+. The van der Waals surface area contributed by atoms with Gasteiger partial charge >= 0.3 is 0 Å². The van der Waals surface area contributed by atoms with Gasteiger partial charge in [0, 0.05) is 58.8 Å². The molecule has 2 amide bonds. The minimum absolute atomic E-state index is 0.102. The van der Waals surface area contributed by atoms with Crippen LogP contribution in [0.4, 0.5) is 0 Å². The number of nitrogens with zero attached hydrogens (tertiary/aromatic N) is 2. The summed E-state index contributed by atoms with van der Waals surface area (Å²) in [6, 6.07) is 24.2. The average molecular weight is 561 g/mol. The highest BCUT2D eigenvalue weighted by molar-refractivity contribution is 6.01. The molecule has 2 aromatic heterocycles. The number of piperidine rings is 1. The van der Waals surface area contributed by atoms with Gasteiger partial charge in [-0.05, 0) is 55.9 Å². The quantitative estimate of drug-likeness (QED) is 0.223. The number of fused-ring (bicyclic) bond motifs is 1. The molecule has 2 aliphatic rings. The number of ketones is 1. The van der Waals surface area contributed by atoms with E-state index in [1.54, 1.807) is 6.20 Å². The molecule has 0 bridgehead atoms. The SMILES string of the molecule is O=C1CCC(CCC2CCc3c(OCc4ccc(C[n+]5ccc(-c6ccccn6)cc5)cc4)cccc3C2=O)C(=O)N1. The third kappa shape index (κ3) is 6.30. The molecule has 7 heteroatoms. The highest BCUT2D eigenvalue weighted by atomic mass is 16.5. The van der Waals surface area contributed by atoms with Crippen LogP contribution in [-0.4, -0.2) is 22.6 Å². The Hall–Kier alpha value is -4.65. The Bertz CT molecular complexity index is 1580. The molecule has 6 rings (SSSR count). The van der Waals surface area contributed by atoms with Gasteiger partial charge in [0.1, 0.15) is 12.4 Å². The van der Waals surface area contributed by atoms with Gasteiger partial charge in [-0.2, -0.15) is 0 Å². The molecular weight excluding hydrogens is 526 g/mol. The first-order chi connectivity index (χ1) is 20.5. The van der Waals surface area contributed by atoms with Crippen molar-refractivity contribution in [2.75, 3.05) is 0 Å². The van der Waals surface area contributed by atoms with E-state index in [-0.39, 0.29) is 29.4 Å². The number of Topliss-reactive ketones (excluding diaryl/α,β-unsaturated/α-hetero) is 1. The van der Waals surface area contributed by atoms with Gasteiger partial charge in [-0.25, -0.2) is 4.57 Å². The van der Waals surface area contributed by atoms with Gasteiger partial charge in [-0.3, -0.25) is 24.7 Å². The number of carbonyl (C=O) groups is 3. The Balaban J connectivity index is 1.03. The van der Waals surface area contributed by atoms with Crippen molar-refractivity contribution >= 4 is 17.6 Å². The minimum atomic E-state index is -0.204. The van der Waals surface area contributed by atoms with Crippen LogP contribution in [0.25, 0.3) is 11.3 Å². The van der Waals surface area contributed by atoms with Crippen LogP contribution in [0.2, 0.25) is 0 Å². The lowest BCUT2D eigenvalue weighted by molar-refractivity contribution is -0.688. The predicted octanol–water partition coefficient (Wildman–Crippen LogP) is 5.24. The first-order valence-corrected chi connectivity index (χ1v) is 14.6. The lowest BCUT2D eigenvalue weighted by atomic mass is 9.78. The van der Waals surface area contributed by atoms with Gasteiger partial charge < -0.3 is 4.74 Å². The molecule has 212 valence electrons. The maximum Gasteiger partial charge on any atom is 0.229 e. The fraction of sp³-hybridized carbons (Fsp3) is 0.286. The normalized spacial score (nSPS) is 18.3. The Morgan fingerprint density at radius 1 is 0.810 bits per heavy atom. The van der Waals surface area contributed by atoms with Gasteiger partial charge in [0.2, 0.25) is 11.8 Å². The number of hydrogen-bond donors (Lipinski definition) is 1. The van der Waals surface area contributed by atoms with Gasteiger partial charge in [-0.15, -0.1) is 0 Å². The third-order valence-corrected chi connectivity index (χ3v) is 8.36. The molecule has 2 unspecified atom stereocenters. The molecule has 2 aromatic carbocycles. The van der Waals surface area contributed by atoms with Gasteiger partial charge in [0.25, 0.3) is 0 Å². The van der Waals surface area contributed by atoms with Crippen molar-refractivity contribution in [3.8, 4) is 17.0 Å². The molecule has 0 saturated carbocycles. The van der Waals surface area contributed by atoms with Crippen LogP contribution in [0.3, 0.4) is 0 Å². The van der Waals surface area contributed by atoms with Crippen molar-refractivity contribution < 1.29 is 23.7 Å². The number of hydrogen-bond acceptors (Lipinski definition) is 5. The van der Waals surface area contributed by atoms with Crippen molar-refractivity contribution in [3.63, 3.8) is 0 Å². The van der Waals surface area contributed by atoms with Crippen LogP contribution in [-0.2, 0) is 29.2 Å². The molecule has 1 saturated heterocycles. The summed E-state index contributed by atoms with van der Waals surface area (Å²) >= 11 is 0. The molecule has 1 aliphatic carbocycles. The van der Waals surface area contributed by atoms with E-state index in [0.29, 0.717) is 32.3 Å². The number of carbonyl (C=O) groups excluding carboxylic acids is 3. The van der Waals surface area contributed by atoms with Crippen LogP contribution in [0.1, 0.15) is 59.2 Å². The number of benzene rings is 2. The summed E-state index contributed by atoms with van der Waals surface area (Å²) in [5.74, 6) is 0.197. The van der Waals surface area contributed by atoms with Gasteiger partial charge in [-0.1, -0.05) is 42.5 Å². The van der Waals surface area contributed by atoms with Crippen molar-refractivity contribution in [1.82, 2.24) is 10.3 Å². The van der Waals surface area contributed by atoms with Crippen LogP contribution in [0, 0.1) is 11.8 Å². The number of rotatable bonds is 9. The number of pyridine rings is 2. The largest absolute Gasteiger partial charge is 0.489 e.